The third-order valence-electron chi connectivity index (χ3n) is 3.57. The molecule has 4 heteroatoms. The van der Waals surface area contributed by atoms with E-state index in [4.69, 9.17) is 10.8 Å². The van der Waals surface area contributed by atoms with Crippen LogP contribution in [0.2, 0.25) is 0 Å². The summed E-state index contributed by atoms with van der Waals surface area (Å²) < 4.78 is 0. The first-order valence-corrected chi connectivity index (χ1v) is 6.81. The largest absolute Gasteiger partial charge is 0.399 e. The number of hydrogen-bond donors (Lipinski definition) is 3. The topological polar surface area (TPSA) is 75.3 Å². The molecule has 1 amide bonds. The fourth-order valence-corrected chi connectivity index (χ4v) is 2.07. The number of aliphatic hydroxyl groups excluding tert-OH is 1. The number of aliphatic hydroxyl groups is 1. The summed E-state index contributed by atoms with van der Waals surface area (Å²) in [6.45, 7) is 3.68. The Morgan fingerprint density at radius 1 is 1.19 bits per heavy atom. The van der Waals surface area contributed by atoms with Crippen molar-refractivity contribution < 1.29 is 9.90 Å². The minimum atomic E-state index is -0.678. The molecule has 0 bridgehead atoms. The van der Waals surface area contributed by atoms with Crippen LogP contribution in [0.25, 0.3) is 0 Å². The summed E-state index contributed by atoms with van der Waals surface area (Å²) in [6.07, 6.45) is 0. The Kier molecular flexibility index (Phi) is 4.29. The predicted molar refractivity (Wildman–Crippen MR) is 84.9 cm³/mol. The number of hydrogen-bond acceptors (Lipinski definition) is 3. The van der Waals surface area contributed by atoms with Gasteiger partial charge in [0.05, 0.1) is 12.0 Å². The van der Waals surface area contributed by atoms with E-state index in [2.05, 4.69) is 5.32 Å². The van der Waals surface area contributed by atoms with Crippen molar-refractivity contribution in [1.82, 2.24) is 0 Å². The summed E-state index contributed by atoms with van der Waals surface area (Å²) in [5.41, 5.74) is 8.01. The fourth-order valence-electron chi connectivity index (χ4n) is 2.07. The van der Waals surface area contributed by atoms with E-state index in [1.54, 1.807) is 36.4 Å². The summed E-state index contributed by atoms with van der Waals surface area (Å²) in [5.74, 6) is -0.109. The maximum atomic E-state index is 12.5. The second kappa shape index (κ2) is 5.97. The third-order valence-corrected chi connectivity index (χ3v) is 3.57. The highest BCUT2D eigenvalue weighted by atomic mass is 16.3. The van der Waals surface area contributed by atoms with E-state index < -0.39 is 5.41 Å². The molecule has 2 aromatic rings. The van der Waals surface area contributed by atoms with Crippen molar-refractivity contribution in [3.8, 4) is 0 Å². The zero-order chi connectivity index (χ0) is 15.5. The molecule has 4 nitrogen and oxygen atoms in total. The maximum Gasteiger partial charge on any atom is 0.234 e. The van der Waals surface area contributed by atoms with Crippen LogP contribution in [-0.4, -0.2) is 11.0 Å². The first-order valence-electron chi connectivity index (χ1n) is 6.81. The van der Waals surface area contributed by atoms with Gasteiger partial charge in [-0.15, -0.1) is 0 Å². The molecule has 0 aliphatic rings. The highest BCUT2D eigenvalue weighted by Crippen LogP contribution is 2.26. The number of amides is 1. The molecule has 0 aliphatic heterocycles. The number of nitrogens with two attached hydrogens (primary N) is 1. The standard InChI is InChI=1S/C17H20N2O2/c1-17(2,13-6-8-14(18)9-7-13)16(21)19-15-5-3-4-12(10-15)11-20/h3-10,20H,11,18H2,1-2H3,(H,19,21). The van der Waals surface area contributed by atoms with Crippen LogP contribution in [0.3, 0.4) is 0 Å². The van der Waals surface area contributed by atoms with Gasteiger partial charge < -0.3 is 16.2 Å². The van der Waals surface area contributed by atoms with Crippen LogP contribution >= 0.6 is 0 Å². The average Bonchev–Trinajstić information content (AvgIpc) is 2.48. The number of carbonyl (C=O) groups is 1. The Morgan fingerprint density at radius 2 is 1.86 bits per heavy atom. The van der Waals surface area contributed by atoms with Gasteiger partial charge in [-0.3, -0.25) is 4.79 Å². The van der Waals surface area contributed by atoms with Gasteiger partial charge in [0.25, 0.3) is 0 Å². The Balaban J connectivity index is 2.19. The maximum absolute atomic E-state index is 12.5. The molecule has 0 atom stereocenters. The van der Waals surface area contributed by atoms with Gasteiger partial charge in [-0.25, -0.2) is 0 Å². The highest BCUT2D eigenvalue weighted by molar-refractivity contribution is 5.98. The van der Waals surface area contributed by atoms with Crippen molar-refractivity contribution >= 4 is 17.3 Å². The summed E-state index contributed by atoms with van der Waals surface area (Å²) in [6, 6.07) is 14.5. The van der Waals surface area contributed by atoms with Gasteiger partial charge in [0.15, 0.2) is 0 Å². The van der Waals surface area contributed by atoms with Gasteiger partial charge in [-0.1, -0.05) is 24.3 Å². The van der Waals surface area contributed by atoms with Crippen molar-refractivity contribution in [3.05, 3.63) is 59.7 Å². The minimum Gasteiger partial charge on any atom is -0.399 e. The van der Waals surface area contributed by atoms with Gasteiger partial charge in [-0.2, -0.15) is 0 Å². The van der Waals surface area contributed by atoms with E-state index in [0.717, 1.165) is 11.1 Å². The van der Waals surface area contributed by atoms with Gasteiger partial charge in [0, 0.05) is 11.4 Å². The predicted octanol–water partition coefficient (Wildman–Crippen LogP) is 2.68. The van der Waals surface area contributed by atoms with E-state index >= 15 is 0 Å². The van der Waals surface area contributed by atoms with E-state index in [0.29, 0.717) is 11.4 Å². The molecule has 0 aromatic heterocycles. The number of rotatable bonds is 4. The second-order valence-electron chi connectivity index (χ2n) is 5.56. The zero-order valence-corrected chi connectivity index (χ0v) is 12.3. The molecule has 4 N–H and O–H groups in total. The SMILES string of the molecule is CC(C)(C(=O)Nc1cccc(CO)c1)c1ccc(N)cc1. The van der Waals surface area contributed by atoms with E-state index in [-0.39, 0.29) is 12.5 Å². The zero-order valence-electron chi connectivity index (χ0n) is 12.3. The Morgan fingerprint density at radius 3 is 2.48 bits per heavy atom. The first kappa shape index (κ1) is 15.1. The van der Waals surface area contributed by atoms with E-state index in [1.807, 2.05) is 26.0 Å². The molecular formula is C17H20N2O2. The van der Waals surface area contributed by atoms with Crippen LogP contribution < -0.4 is 11.1 Å². The van der Waals surface area contributed by atoms with Crippen LogP contribution in [0.4, 0.5) is 11.4 Å². The van der Waals surface area contributed by atoms with Crippen LogP contribution in [0, 0.1) is 0 Å². The Hall–Kier alpha value is -2.33. The molecule has 0 heterocycles. The highest BCUT2D eigenvalue weighted by Gasteiger charge is 2.29. The average molecular weight is 284 g/mol. The van der Waals surface area contributed by atoms with Gasteiger partial charge in [0.2, 0.25) is 5.91 Å². The van der Waals surface area contributed by atoms with Crippen molar-refractivity contribution in [1.29, 1.82) is 0 Å². The number of carbonyl (C=O) groups excluding carboxylic acids is 1. The Labute approximate surface area is 124 Å². The summed E-state index contributed by atoms with van der Waals surface area (Å²) in [5, 5.41) is 12.0. The van der Waals surface area contributed by atoms with Gasteiger partial charge in [-0.05, 0) is 49.2 Å². The lowest BCUT2D eigenvalue weighted by Crippen LogP contribution is -2.34. The number of anilines is 2. The Bertz CT molecular complexity index is 633. The van der Waals surface area contributed by atoms with Crippen LogP contribution in [0.5, 0.6) is 0 Å². The molecule has 2 aromatic carbocycles. The lowest BCUT2D eigenvalue weighted by molar-refractivity contribution is -0.120. The molecule has 0 spiro atoms. The fraction of sp³-hybridized carbons (Fsp3) is 0.235. The molecular weight excluding hydrogens is 264 g/mol. The van der Waals surface area contributed by atoms with Crippen LogP contribution in [0.1, 0.15) is 25.0 Å². The van der Waals surface area contributed by atoms with Crippen molar-refractivity contribution in [2.45, 2.75) is 25.9 Å². The summed E-state index contributed by atoms with van der Waals surface area (Å²) >= 11 is 0. The second-order valence-corrected chi connectivity index (χ2v) is 5.56. The quantitative estimate of drug-likeness (QED) is 0.756. The number of benzene rings is 2. The lowest BCUT2D eigenvalue weighted by Gasteiger charge is -2.24. The van der Waals surface area contributed by atoms with Gasteiger partial charge >= 0.3 is 0 Å². The van der Waals surface area contributed by atoms with Crippen molar-refractivity contribution in [2.75, 3.05) is 11.1 Å². The summed E-state index contributed by atoms with van der Waals surface area (Å²) in [4.78, 5) is 12.5. The number of nitrogen functional groups attached to an aromatic ring is 1. The lowest BCUT2D eigenvalue weighted by atomic mass is 9.83. The third kappa shape index (κ3) is 3.41. The van der Waals surface area contributed by atoms with Crippen molar-refractivity contribution in [2.24, 2.45) is 0 Å². The molecule has 110 valence electrons. The first-order chi connectivity index (χ1) is 9.93. The minimum absolute atomic E-state index is 0.0505. The molecule has 2 rings (SSSR count). The van der Waals surface area contributed by atoms with E-state index in [9.17, 15) is 4.79 Å². The summed E-state index contributed by atoms with van der Waals surface area (Å²) in [7, 11) is 0. The molecule has 0 unspecified atom stereocenters. The molecule has 0 fully saturated rings. The monoisotopic (exact) mass is 284 g/mol. The number of nitrogens with one attached hydrogen (secondary N) is 1. The molecule has 0 aliphatic carbocycles. The van der Waals surface area contributed by atoms with Gasteiger partial charge in [0.1, 0.15) is 0 Å². The van der Waals surface area contributed by atoms with Crippen molar-refractivity contribution in [3.63, 3.8) is 0 Å². The van der Waals surface area contributed by atoms with Crippen LogP contribution in [0.15, 0.2) is 48.5 Å². The van der Waals surface area contributed by atoms with E-state index in [1.165, 1.54) is 0 Å². The smallest absolute Gasteiger partial charge is 0.234 e. The molecule has 21 heavy (non-hydrogen) atoms. The molecule has 0 saturated heterocycles. The molecule has 0 saturated carbocycles. The van der Waals surface area contributed by atoms with Crippen LogP contribution in [-0.2, 0) is 16.8 Å². The normalized spacial score (nSPS) is 11.2. The molecule has 0 radical (unpaired) electrons.